The second-order valence-corrected chi connectivity index (χ2v) is 6.91. The van der Waals surface area contributed by atoms with Crippen LogP contribution in [-0.2, 0) is 11.2 Å². The van der Waals surface area contributed by atoms with Crippen molar-refractivity contribution in [3.63, 3.8) is 0 Å². The minimum Gasteiger partial charge on any atom is -0.478 e. The molecular weight excluding hydrogens is 344 g/mol. The van der Waals surface area contributed by atoms with Gasteiger partial charge in [-0.3, -0.25) is 4.90 Å². The number of benzene rings is 1. The Morgan fingerprint density at radius 1 is 1.50 bits per heavy atom. The lowest BCUT2D eigenvalue weighted by molar-refractivity contribution is -0.134. The number of likely N-dealkylation sites (N-methyl/N-ethyl adjacent to an activating group) is 1. The molecule has 4 nitrogen and oxygen atoms in total. The van der Waals surface area contributed by atoms with Crippen molar-refractivity contribution in [1.82, 2.24) is 9.88 Å². The van der Waals surface area contributed by atoms with Crippen molar-refractivity contribution in [1.29, 1.82) is 0 Å². The number of aromatic amines is 1. The minimum absolute atomic E-state index is 0.489. The molecule has 1 unspecified atom stereocenters. The molecule has 1 aromatic heterocycles. The molecule has 0 saturated heterocycles. The van der Waals surface area contributed by atoms with Crippen LogP contribution in [-0.4, -0.2) is 40.1 Å². The lowest BCUT2D eigenvalue weighted by atomic mass is 9.81. The first-order chi connectivity index (χ1) is 10.4. The Morgan fingerprint density at radius 3 is 3.00 bits per heavy atom. The summed E-state index contributed by atoms with van der Waals surface area (Å²) < 4.78 is 1.03. The second-order valence-electron chi connectivity index (χ2n) is 6.06. The fourth-order valence-electron chi connectivity index (χ4n) is 3.34. The summed E-state index contributed by atoms with van der Waals surface area (Å²) in [6.45, 7) is 2.89. The summed E-state index contributed by atoms with van der Waals surface area (Å²) in [5.74, 6) is -0.826. The Hall–Kier alpha value is -1.59. The number of aromatic nitrogens is 1. The molecule has 2 aromatic rings. The van der Waals surface area contributed by atoms with Crippen molar-refractivity contribution < 1.29 is 9.90 Å². The zero-order valence-corrected chi connectivity index (χ0v) is 14.3. The molecule has 3 rings (SSSR count). The van der Waals surface area contributed by atoms with Crippen LogP contribution in [0, 0.1) is 0 Å². The van der Waals surface area contributed by atoms with E-state index in [4.69, 9.17) is 0 Å². The normalized spacial score (nSPS) is 22.8. The summed E-state index contributed by atoms with van der Waals surface area (Å²) in [5, 5.41) is 10.7. The van der Waals surface area contributed by atoms with Crippen LogP contribution in [0.5, 0.6) is 0 Å². The standard InChI is InChI=1S/C17H19BrN2O2/c1-17(12(16(21)22)5-4-8-20(17)2)9-11-10-19-14-7-3-6-13(18)15(11)14/h3,5-7,10,19H,4,8-9H2,1-2H3,(H,21,22). The van der Waals surface area contributed by atoms with E-state index in [1.807, 2.05) is 44.4 Å². The van der Waals surface area contributed by atoms with E-state index >= 15 is 0 Å². The van der Waals surface area contributed by atoms with Gasteiger partial charge < -0.3 is 10.1 Å². The van der Waals surface area contributed by atoms with Gasteiger partial charge in [-0.15, -0.1) is 0 Å². The van der Waals surface area contributed by atoms with Gasteiger partial charge in [0.05, 0.1) is 11.1 Å². The molecule has 1 aliphatic rings. The van der Waals surface area contributed by atoms with Crippen molar-refractivity contribution in [2.75, 3.05) is 13.6 Å². The van der Waals surface area contributed by atoms with Gasteiger partial charge in [-0.05, 0) is 44.5 Å². The summed E-state index contributed by atoms with van der Waals surface area (Å²) in [7, 11) is 2.00. The molecule has 0 amide bonds. The average Bonchev–Trinajstić information content (AvgIpc) is 2.86. The van der Waals surface area contributed by atoms with Gasteiger partial charge in [0.1, 0.15) is 0 Å². The topological polar surface area (TPSA) is 56.3 Å². The molecule has 116 valence electrons. The number of nitrogens with zero attached hydrogens (tertiary/aromatic N) is 1. The van der Waals surface area contributed by atoms with E-state index in [2.05, 4.69) is 25.8 Å². The minimum atomic E-state index is -0.826. The number of hydrogen-bond donors (Lipinski definition) is 2. The molecule has 1 aliphatic heterocycles. The molecule has 1 aromatic carbocycles. The van der Waals surface area contributed by atoms with Crippen molar-refractivity contribution >= 4 is 32.8 Å². The highest BCUT2D eigenvalue weighted by Gasteiger charge is 2.39. The highest BCUT2D eigenvalue weighted by Crippen LogP contribution is 2.35. The Bertz CT molecular complexity index is 765. The number of carbonyl (C=O) groups is 1. The molecule has 0 fully saturated rings. The summed E-state index contributed by atoms with van der Waals surface area (Å²) in [6, 6.07) is 6.04. The highest BCUT2D eigenvalue weighted by molar-refractivity contribution is 9.10. The fourth-order valence-corrected chi connectivity index (χ4v) is 3.96. The van der Waals surface area contributed by atoms with E-state index in [0.717, 1.165) is 33.9 Å². The van der Waals surface area contributed by atoms with Gasteiger partial charge in [0, 0.05) is 28.1 Å². The van der Waals surface area contributed by atoms with Gasteiger partial charge >= 0.3 is 5.97 Å². The summed E-state index contributed by atoms with van der Waals surface area (Å²) in [5.41, 5.74) is 2.18. The first kappa shape index (κ1) is 15.3. The van der Waals surface area contributed by atoms with Crippen LogP contribution in [0.3, 0.4) is 0 Å². The van der Waals surface area contributed by atoms with Crippen LogP contribution in [0.2, 0.25) is 0 Å². The van der Waals surface area contributed by atoms with Crippen LogP contribution in [0.1, 0.15) is 18.9 Å². The second kappa shape index (κ2) is 5.56. The van der Waals surface area contributed by atoms with Crippen LogP contribution >= 0.6 is 15.9 Å². The molecule has 2 heterocycles. The zero-order valence-electron chi connectivity index (χ0n) is 12.7. The highest BCUT2D eigenvalue weighted by atomic mass is 79.9. The molecule has 0 spiro atoms. The average molecular weight is 363 g/mol. The van der Waals surface area contributed by atoms with E-state index in [-0.39, 0.29) is 0 Å². The third-order valence-corrected chi connectivity index (χ3v) is 5.40. The number of nitrogens with one attached hydrogen (secondary N) is 1. The number of carboxylic acid groups (broad SMARTS) is 1. The third-order valence-electron chi connectivity index (χ3n) is 4.74. The van der Waals surface area contributed by atoms with E-state index in [0.29, 0.717) is 12.0 Å². The van der Waals surface area contributed by atoms with Gasteiger partial charge in [0.15, 0.2) is 0 Å². The van der Waals surface area contributed by atoms with Crippen LogP contribution in [0.15, 0.2) is 40.5 Å². The zero-order chi connectivity index (χ0) is 15.9. The number of rotatable bonds is 3. The van der Waals surface area contributed by atoms with Crippen LogP contribution in [0.4, 0.5) is 0 Å². The van der Waals surface area contributed by atoms with Crippen LogP contribution < -0.4 is 0 Å². The van der Waals surface area contributed by atoms with E-state index in [1.165, 1.54) is 0 Å². The SMILES string of the molecule is CN1CCC=C(C(=O)O)C1(C)Cc1c[nH]c2cccc(Br)c12. The smallest absolute Gasteiger partial charge is 0.333 e. The van der Waals surface area contributed by atoms with E-state index in [1.54, 1.807) is 0 Å². The van der Waals surface area contributed by atoms with Gasteiger partial charge in [-0.25, -0.2) is 4.79 Å². The maximum absolute atomic E-state index is 11.7. The fraction of sp³-hybridized carbons (Fsp3) is 0.353. The maximum atomic E-state index is 11.7. The number of halogens is 1. The number of fused-ring (bicyclic) bond motifs is 1. The molecule has 0 saturated carbocycles. The van der Waals surface area contributed by atoms with Crippen molar-refractivity contribution in [2.45, 2.75) is 25.3 Å². The summed E-state index contributed by atoms with van der Waals surface area (Å²) >= 11 is 3.60. The molecule has 0 aliphatic carbocycles. The number of carboxylic acids is 1. The van der Waals surface area contributed by atoms with E-state index < -0.39 is 11.5 Å². The molecule has 0 radical (unpaired) electrons. The molecular formula is C17H19BrN2O2. The lowest BCUT2D eigenvalue weighted by Gasteiger charge is -2.42. The van der Waals surface area contributed by atoms with Gasteiger partial charge in [-0.2, -0.15) is 0 Å². The Kier molecular flexibility index (Phi) is 3.87. The predicted octanol–water partition coefficient (Wildman–Crippen LogP) is 3.58. The molecule has 0 bridgehead atoms. The monoisotopic (exact) mass is 362 g/mol. The van der Waals surface area contributed by atoms with Crippen molar-refractivity contribution in [3.05, 3.63) is 46.1 Å². The molecule has 2 N–H and O–H groups in total. The lowest BCUT2D eigenvalue weighted by Crippen LogP contribution is -2.51. The number of hydrogen-bond acceptors (Lipinski definition) is 2. The maximum Gasteiger partial charge on any atom is 0.333 e. The third kappa shape index (κ3) is 2.38. The summed E-state index contributed by atoms with van der Waals surface area (Å²) in [6.07, 6.45) is 5.30. The first-order valence-corrected chi connectivity index (χ1v) is 8.12. The molecule has 5 heteroatoms. The van der Waals surface area contributed by atoms with Gasteiger partial charge in [0.25, 0.3) is 0 Å². The largest absolute Gasteiger partial charge is 0.478 e. The Labute approximate surface area is 137 Å². The Morgan fingerprint density at radius 2 is 2.27 bits per heavy atom. The number of H-pyrrole nitrogens is 1. The van der Waals surface area contributed by atoms with Crippen molar-refractivity contribution in [2.24, 2.45) is 0 Å². The number of aliphatic carboxylic acids is 1. The molecule has 1 atom stereocenters. The van der Waals surface area contributed by atoms with E-state index in [9.17, 15) is 9.90 Å². The van der Waals surface area contributed by atoms with Crippen molar-refractivity contribution in [3.8, 4) is 0 Å². The molecule has 22 heavy (non-hydrogen) atoms. The van der Waals surface area contributed by atoms with Gasteiger partial charge in [0.2, 0.25) is 0 Å². The van der Waals surface area contributed by atoms with Gasteiger partial charge in [-0.1, -0.05) is 28.1 Å². The Balaban J connectivity index is 2.07. The summed E-state index contributed by atoms with van der Waals surface area (Å²) in [4.78, 5) is 17.1. The predicted molar refractivity (Wildman–Crippen MR) is 91.1 cm³/mol. The quantitative estimate of drug-likeness (QED) is 0.877. The first-order valence-electron chi connectivity index (χ1n) is 7.33. The van der Waals surface area contributed by atoms with Crippen LogP contribution in [0.25, 0.3) is 10.9 Å².